The minimum Gasteiger partial charge on any atom is -0.397 e. The van der Waals surface area contributed by atoms with E-state index >= 15 is 0 Å². The van der Waals surface area contributed by atoms with E-state index in [0.717, 1.165) is 0 Å². The topological polar surface area (TPSA) is 20.2 Å². The van der Waals surface area contributed by atoms with Gasteiger partial charge in [0.05, 0.1) is 0 Å². The van der Waals surface area contributed by atoms with E-state index in [-0.39, 0.29) is 57.6 Å². The molecule has 0 rings (SSSR count). The molecule has 44 valence electrons. The molecule has 0 aromatic heterocycles. The van der Waals surface area contributed by atoms with E-state index in [9.17, 15) is 0 Å². The van der Waals surface area contributed by atoms with E-state index < -0.39 is 0 Å². The lowest BCUT2D eigenvalue weighted by Gasteiger charge is -1.52. The van der Waals surface area contributed by atoms with E-state index in [0.29, 0.717) is 0 Å². The Morgan fingerprint density at radius 1 is 1.17 bits per heavy atom. The van der Waals surface area contributed by atoms with E-state index in [2.05, 4.69) is 0 Å². The summed E-state index contributed by atoms with van der Waals surface area (Å²) in [6.07, 6.45) is 0. The molecule has 4 heteroatoms. The Balaban J connectivity index is -0.00000000667. The Kier molecular flexibility index (Phi) is 142. The van der Waals surface area contributed by atoms with Crippen LogP contribution in [0.1, 0.15) is 6.92 Å². The molecule has 0 saturated carbocycles. The normalized spacial score (nSPS) is 3.00. The fraction of sp³-hybridized carbons (Fsp3) is 1.00. The predicted octanol–water partition coefficient (Wildman–Crippen LogP) is 1.73. The molecule has 6 heavy (non-hydrogen) atoms. The average molecular weight is 289 g/mol. The van der Waals surface area contributed by atoms with E-state index in [1.807, 2.05) is 0 Å². The van der Waals surface area contributed by atoms with Crippen LogP contribution in [0.3, 0.4) is 0 Å². The summed E-state index contributed by atoms with van der Waals surface area (Å²) in [5.41, 5.74) is 0. The summed E-state index contributed by atoms with van der Waals surface area (Å²) in [6.45, 7) is 1.93. The maximum Gasteiger partial charge on any atom is 0.0402 e. The first-order chi connectivity index (χ1) is 1.41. The highest BCUT2D eigenvalue weighted by molar-refractivity contribution is 8.93. The molecule has 1 N–H and O–H groups in total. The molecule has 0 radical (unpaired) electrons. The highest BCUT2D eigenvalue weighted by atomic mass is 79.9. The minimum absolute atomic E-state index is 0. The van der Waals surface area contributed by atoms with Crippen molar-refractivity contribution in [2.45, 2.75) is 6.92 Å². The van der Waals surface area contributed by atoms with Crippen LogP contribution < -0.4 is 0 Å². The predicted molar refractivity (Wildman–Crippen MR) is 43.7 cm³/mol. The molecule has 0 aromatic carbocycles. The SMILES string of the molecule is Br.Br.Br.CCO. The van der Waals surface area contributed by atoms with Crippen molar-refractivity contribution in [2.24, 2.45) is 0 Å². The smallest absolute Gasteiger partial charge is 0.0402 e. The van der Waals surface area contributed by atoms with Crippen LogP contribution in [0.15, 0.2) is 0 Å². The summed E-state index contributed by atoms with van der Waals surface area (Å²) in [7, 11) is 0. The standard InChI is InChI=1S/C2H6O.3BrH/c1-2-3;;;/h3H,2H2,1H3;3*1H. The van der Waals surface area contributed by atoms with Crippen LogP contribution in [0.25, 0.3) is 0 Å². The largest absolute Gasteiger partial charge is 0.397 e. The Hall–Kier alpha value is 1.40. The molecule has 0 atom stereocenters. The zero-order chi connectivity index (χ0) is 2.71. The Morgan fingerprint density at radius 2 is 1.17 bits per heavy atom. The molecular formula is C2H9Br3O. The summed E-state index contributed by atoms with van der Waals surface area (Å²) in [5.74, 6) is 0. The van der Waals surface area contributed by atoms with Gasteiger partial charge in [0.25, 0.3) is 0 Å². The summed E-state index contributed by atoms with van der Waals surface area (Å²) >= 11 is 0. The molecule has 0 fully saturated rings. The summed E-state index contributed by atoms with van der Waals surface area (Å²) < 4.78 is 0. The van der Waals surface area contributed by atoms with Crippen molar-refractivity contribution in [2.75, 3.05) is 6.61 Å². The van der Waals surface area contributed by atoms with Crippen molar-refractivity contribution >= 4 is 50.9 Å². The highest BCUT2D eigenvalue weighted by Gasteiger charge is 1.34. The van der Waals surface area contributed by atoms with Gasteiger partial charge in [0, 0.05) is 6.61 Å². The average Bonchev–Trinajstić information content (AvgIpc) is 0.918. The van der Waals surface area contributed by atoms with E-state index in [1.165, 1.54) is 0 Å². The summed E-state index contributed by atoms with van der Waals surface area (Å²) in [5, 5.41) is 7.57. The van der Waals surface area contributed by atoms with Gasteiger partial charge in [-0.15, -0.1) is 50.9 Å². The van der Waals surface area contributed by atoms with E-state index in [1.54, 1.807) is 6.92 Å². The third kappa shape index (κ3) is 53.3. The fourth-order valence-corrected chi connectivity index (χ4v) is 0. The van der Waals surface area contributed by atoms with Crippen LogP contribution in [0.4, 0.5) is 0 Å². The number of rotatable bonds is 0. The Bertz CT molecular complexity index is 8.75. The number of hydrogen-bond acceptors (Lipinski definition) is 1. The molecular weight excluding hydrogens is 280 g/mol. The van der Waals surface area contributed by atoms with Gasteiger partial charge in [-0.2, -0.15) is 0 Å². The minimum atomic E-state index is 0. The first-order valence-electron chi connectivity index (χ1n) is 1.02. The molecule has 0 bridgehead atoms. The van der Waals surface area contributed by atoms with Gasteiger partial charge >= 0.3 is 0 Å². The second kappa shape index (κ2) is 32.4. The zero-order valence-electron chi connectivity index (χ0n) is 3.38. The molecule has 0 aliphatic heterocycles. The second-order valence-corrected chi connectivity index (χ2v) is 0.316. The summed E-state index contributed by atoms with van der Waals surface area (Å²) in [4.78, 5) is 0. The Morgan fingerprint density at radius 3 is 1.17 bits per heavy atom. The van der Waals surface area contributed by atoms with Gasteiger partial charge in [-0.3, -0.25) is 0 Å². The van der Waals surface area contributed by atoms with Crippen molar-refractivity contribution in [3.8, 4) is 0 Å². The first-order valence-corrected chi connectivity index (χ1v) is 1.02. The molecule has 0 spiro atoms. The molecule has 1 nitrogen and oxygen atoms in total. The lowest BCUT2D eigenvalue weighted by atomic mass is 10.9. The van der Waals surface area contributed by atoms with Gasteiger partial charge in [0.2, 0.25) is 0 Å². The molecule has 0 aromatic rings. The fourth-order valence-electron chi connectivity index (χ4n) is 0. The number of halogens is 3. The number of hydrogen-bond donors (Lipinski definition) is 1. The summed E-state index contributed by atoms with van der Waals surface area (Å²) in [6, 6.07) is 0. The maximum absolute atomic E-state index is 7.57. The lowest BCUT2D eigenvalue weighted by Crippen LogP contribution is -1.57. The van der Waals surface area contributed by atoms with Gasteiger partial charge in [0.1, 0.15) is 0 Å². The first kappa shape index (κ1) is 26.2. The molecule has 0 aliphatic carbocycles. The zero-order valence-corrected chi connectivity index (χ0v) is 8.52. The van der Waals surface area contributed by atoms with Gasteiger partial charge in [0.15, 0.2) is 0 Å². The van der Waals surface area contributed by atoms with Crippen molar-refractivity contribution in [3.05, 3.63) is 0 Å². The van der Waals surface area contributed by atoms with Gasteiger partial charge in [-0.1, -0.05) is 0 Å². The van der Waals surface area contributed by atoms with Crippen LogP contribution in [0.2, 0.25) is 0 Å². The number of aliphatic hydroxyl groups excluding tert-OH is 1. The van der Waals surface area contributed by atoms with Gasteiger partial charge in [-0.25, -0.2) is 0 Å². The van der Waals surface area contributed by atoms with Gasteiger partial charge < -0.3 is 5.11 Å². The van der Waals surface area contributed by atoms with Crippen molar-refractivity contribution in [3.63, 3.8) is 0 Å². The molecule has 0 unspecified atom stereocenters. The highest BCUT2D eigenvalue weighted by Crippen LogP contribution is 1.30. The second-order valence-electron chi connectivity index (χ2n) is 0.316. The van der Waals surface area contributed by atoms with Crippen LogP contribution in [-0.4, -0.2) is 11.7 Å². The van der Waals surface area contributed by atoms with Crippen molar-refractivity contribution in [1.29, 1.82) is 0 Å². The monoisotopic (exact) mass is 286 g/mol. The van der Waals surface area contributed by atoms with Crippen LogP contribution in [0.5, 0.6) is 0 Å². The van der Waals surface area contributed by atoms with Crippen LogP contribution >= 0.6 is 50.9 Å². The lowest BCUT2D eigenvalue weighted by molar-refractivity contribution is 0.318. The third-order valence-electron chi connectivity index (χ3n) is 0. The quantitative estimate of drug-likeness (QED) is 0.720. The number of aliphatic hydroxyl groups is 1. The van der Waals surface area contributed by atoms with E-state index in [4.69, 9.17) is 5.11 Å². The molecule has 0 heterocycles. The molecule has 0 amide bonds. The maximum atomic E-state index is 7.57. The molecule has 0 aliphatic rings. The van der Waals surface area contributed by atoms with Crippen LogP contribution in [0, 0.1) is 0 Å². The van der Waals surface area contributed by atoms with Crippen LogP contribution in [-0.2, 0) is 0 Å². The van der Waals surface area contributed by atoms with Crippen molar-refractivity contribution in [1.82, 2.24) is 0 Å². The van der Waals surface area contributed by atoms with Crippen molar-refractivity contribution < 1.29 is 5.11 Å². The third-order valence-corrected chi connectivity index (χ3v) is 0. The Labute approximate surface area is 69.4 Å². The van der Waals surface area contributed by atoms with Gasteiger partial charge in [-0.05, 0) is 6.92 Å². The molecule has 0 saturated heterocycles.